The standard InChI is InChI=1S/C21H41N5O/c1-5-22-20(24-17-21(3,4)26-14-7-6-8-15-26)23-12-11-19(27)25-13-9-10-18(2)16-25/h18H,5-17H2,1-4H3,(H2,22,23,24). The van der Waals surface area contributed by atoms with Crippen molar-refractivity contribution in [3.8, 4) is 0 Å². The van der Waals surface area contributed by atoms with E-state index in [0.29, 0.717) is 18.9 Å². The van der Waals surface area contributed by atoms with Crippen LogP contribution in [0.4, 0.5) is 0 Å². The van der Waals surface area contributed by atoms with Crippen molar-refractivity contribution in [2.45, 2.75) is 71.8 Å². The van der Waals surface area contributed by atoms with Gasteiger partial charge < -0.3 is 15.5 Å². The molecule has 0 aromatic heterocycles. The molecule has 0 radical (unpaired) electrons. The minimum absolute atomic E-state index is 0.0720. The molecule has 27 heavy (non-hydrogen) atoms. The Labute approximate surface area is 166 Å². The van der Waals surface area contributed by atoms with Crippen molar-refractivity contribution < 1.29 is 4.79 Å². The first-order valence-corrected chi connectivity index (χ1v) is 11.0. The number of guanidine groups is 1. The molecule has 0 aromatic rings. The second-order valence-electron chi connectivity index (χ2n) is 8.82. The van der Waals surface area contributed by atoms with Crippen molar-refractivity contribution in [3.63, 3.8) is 0 Å². The lowest BCUT2D eigenvalue weighted by molar-refractivity contribution is -0.132. The van der Waals surface area contributed by atoms with Gasteiger partial charge in [0, 0.05) is 38.1 Å². The van der Waals surface area contributed by atoms with Gasteiger partial charge in [-0.3, -0.25) is 14.7 Å². The first-order valence-electron chi connectivity index (χ1n) is 11.0. The van der Waals surface area contributed by atoms with Gasteiger partial charge in [0.25, 0.3) is 0 Å². The van der Waals surface area contributed by atoms with Gasteiger partial charge in [0.1, 0.15) is 0 Å². The number of hydrogen-bond donors (Lipinski definition) is 2. The first-order chi connectivity index (χ1) is 12.9. The molecule has 2 heterocycles. The van der Waals surface area contributed by atoms with Crippen LogP contribution in [0.3, 0.4) is 0 Å². The molecule has 156 valence electrons. The van der Waals surface area contributed by atoms with Gasteiger partial charge in [-0.15, -0.1) is 0 Å². The lowest BCUT2D eigenvalue weighted by atomic mass is 9.99. The predicted molar refractivity (Wildman–Crippen MR) is 113 cm³/mol. The number of carbonyl (C=O) groups excluding carboxylic acids is 1. The van der Waals surface area contributed by atoms with E-state index in [1.54, 1.807) is 0 Å². The Bertz CT molecular complexity index is 485. The molecule has 2 fully saturated rings. The highest BCUT2D eigenvalue weighted by atomic mass is 16.2. The number of hydrogen-bond acceptors (Lipinski definition) is 3. The van der Waals surface area contributed by atoms with E-state index in [-0.39, 0.29) is 11.4 Å². The lowest BCUT2D eigenvalue weighted by Gasteiger charge is -2.40. The number of aliphatic imine (C=N–C) groups is 1. The molecule has 6 nitrogen and oxygen atoms in total. The van der Waals surface area contributed by atoms with Crippen LogP contribution in [0.1, 0.15) is 66.2 Å². The van der Waals surface area contributed by atoms with E-state index < -0.39 is 0 Å². The maximum Gasteiger partial charge on any atom is 0.224 e. The normalized spacial score (nSPS) is 22.6. The average Bonchev–Trinajstić information content (AvgIpc) is 2.66. The Balaban J connectivity index is 1.79. The summed E-state index contributed by atoms with van der Waals surface area (Å²) in [5, 5.41) is 6.66. The van der Waals surface area contributed by atoms with Crippen LogP contribution in [0.5, 0.6) is 0 Å². The third-order valence-corrected chi connectivity index (χ3v) is 5.82. The fourth-order valence-electron chi connectivity index (χ4n) is 4.08. The Morgan fingerprint density at radius 1 is 1.11 bits per heavy atom. The van der Waals surface area contributed by atoms with Crippen LogP contribution in [0, 0.1) is 5.92 Å². The molecule has 1 unspecified atom stereocenters. The minimum Gasteiger partial charge on any atom is -0.357 e. The Morgan fingerprint density at radius 3 is 2.52 bits per heavy atom. The quantitative estimate of drug-likeness (QED) is 0.527. The van der Waals surface area contributed by atoms with E-state index in [1.165, 1.54) is 38.8 Å². The molecule has 2 aliphatic heterocycles. The van der Waals surface area contributed by atoms with E-state index in [4.69, 9.17) is 4.99 Å². The molecule has 2 rings (SSSR count). The fraction of sp³-hybridized carbons (Fsp3) is 0.905. The van der Waals surface area contributed by atoms with Gasteiger partial charge in [0.05, 0.1) is 6.54 Å². The van der Waals surface area contributed by atoms with Crippen molar-refractivity contribution in [2.24, 2.45) is 10.9 Å². The number of nitrogens with one attached hydrogen (secondary N) is 2. The Kier molecular flexibility index (Phi) is 8.87. The van der Waals surface area contributed by atoms with Crippen LogP contribution < -0.4 is 10.6 Å². The van der Waals surface area contributed by atoms with Crippen molar-refractivity contribution >= 4 is 11.9 Å². The monoisotopic (exact) mass is 379 g/mol. The Hall–Kier alpha value is -1.30. The molecule has 6 heteroatoms. The van der Waals surface area contributed by atoms with Gasteiger partial charge in [-0.2, -0.15) is 0 Å². The summed E-state index contributed by atoms with van der Waals surface area (Å²) in [7, 11) is 0. The summed E-state index contributed by atoms with van der Waals surface area (Å²) in [5.74, 6) is 1.72. The molecule has 1 amide bonds. The molecule has 2 aliphatic rings. The van der Waals surface area contributed by atoms with E-state index in [0.717, 1.165) is 38.6 Å². The highest BCUT2D eigenvalue weighted by Crippen LogP contribution is 2.20. The van der Waals surface area contributed by atoms with Gasteiger partial charge in [-0.1, -0.05) is 13.3 Å². The number of rotatable bonds is 7. The van der Waals surface area contributed by atoms with Crippen molar-refractivity contribution in [1.82, 2.24) is 20.4 Å². The second-order valence-corrected chi connectivity index (χ2v) is 8.82. The number of nitrogens with zero attached hydrogens (tertiary/aromatic N) is 3. The summed E-state index contributed by atoms with van der Waals surface area (Å²) in [6, 6.07) is 0. The summed E-state index contributed by atoms with van der Waals surface area (Å²) in [4.78, 5) is 21.8. The topological polar surface area (TPSA) is 60.0 Å². The maximum atomic E-state index is 12.4. The molecule has 2 N–H and O–H groups in total. The van der Waals surface area contributed by atoms with Crippen LogP contribution in [0.15, 0.2) is 4.99 Å². The first kappa shape index (κ1) is 22.0. The maximum absolute atomic E-state index is 12.4. The molecular weight excluding hydrogens is 338 g/mol. The van der Waals surface area contributed by atoms with Crippen molar-refractivity contribution in [3.05, 3.63) is 0 Å². The van der Waals surface area contributed by atoms with Gasteiger partial charge in [-0.25, -0.2) is 0 Å². The lowest BCUT2D eigenvalue weighted by Crippen LogP contribution is -2.49. The summed E-state index contributed by atoms with van der Waals surface area (Å²) in [6.07, 6.45) is 6.85. The fourth-order valence-corrected chi connectivity index (χ4v) is 4.08. The number of likely N-dealkylation sites (tertiary alicyclic amines) is 2. The van der Waals surface area contributed by atoms with E-state index in [2.05, 4.69) is 43.2 Å². The van der Waals surface area contributed by atoms with E-state index >= 15 is 0 Å². The van der Waals surface area contributed by atoms with Gasteiger partial charge in [-0.05, 0) is 65.5 Å². The predicted octanol–water partition coefficient (Wildman–Crippen LogP) is 2.45. The largest absolute Gasteiger partial charge is 0.357 e. The van der Waals surface area contributed by atoms with Crippen LogP contribution in [0.2, 0.25) is 0 Å². The van der Waals surface area contributed by atoms with Gasteiger partial charge >= 0.3 is 0 Å². The summed E-state index contributed by atoms with van der Waals surface area (Å²) >= 11 is 0. The Morgan fingerprint density at radius 2 is 1.85 bits per heavy atom. The molecule has 1 atom stereocenters. The number of carbonyl (C=O) groups is 1. The van der Waals surface area contributed by atoms with Crippen LogP contribution >= 0.6 is 0 Å². The summed E-state index contributed by atoms with van der Waals surface area (Å²) < 4.78 is 0. The zero-order valence-electron chi connectivity index (χ0n) is 18.0. The zero-order valence-corrected chi connectivity index (χ0v) is 18.0. The number of amides is 1. The van der Waals surface area contributed by atoms with Crippen LogP contribution in [0.25, 0.3) is 0 Å². The average molecular weight is 380 g/mol. The minimum atomic E-state index is 0.0720. The van der Waals surface area contributed by atoms with Gasteiger partial charge in [0.2, 0.25) is 5.91 Å². The SMILES string of the molecule is CCNC(=NCC(C)(C)N1CCCCC1)NCCC(=O)N1CCCC(C)C1. The van der Waals surface area contributed by atoms with Crippen molar-refractivity contribution in [2.75, 3.05) is 45.8 Å². The highest BCUT2D eigenvalue weighted by molar-refractivity contribution is 5.81. The molecule has 0 saturated carbocycles. The molecule has 0 bridgehead atoms. The highest BCUT2D eigenvalue weighted by Gasteiger charge is 2.27. The molecular formula is C21H41N5O. The molecule has 0 spiro atoms. The van der Waals surface area contributed by atoms with Crippen LogP contribution in [-0.4, -0.2) is 73.0 Å². The third-order valence-electron chi connectivity index (χ3n) is 5.82. The van der Waals surface area contributed by atoms with E-state index in [9.17, 15) is 4.79 Å². The van der Waals surface area contributed by atoms with Gasteiger partial charge in [0.15, 0.2) is 5.96 Å². The van der Waals surface area contributed by atoms with Crippen molar-refractivity contribution in [1.29, 1.82) is 0 Å². The second kappa shape index (κ2) is 10.9. The molecule has 0 aliphatic carbocycles. The van der Waals surface area contributed by atoms with Crippen LogP contribution in [-0.2, 0) is 4.79 Å². The summed E-state index contributed by atoms with van der Waals surface area (Å²) in [6.45, 7) is 15.3. The van der Waals surface area contributed by atoms with E-state index in [1.807, 2.05) is 4.90 Å². The molecule has 2 saturated heterocycles. The smallest absolute Gasteiger partial charge is 0.224 e. The number of piperidine rings is 2. The molecule has 0 aromatic carbocycles. The summed E-state index contributed by atoms with van der Waals surface area (Å²) in [5.41, 5.74) is 0.0720. The third kappa shape index (κ3) is 7.32. The zero-order chi connectivity index (χ0) is 19.7.